The van der Waals surface area contributed by atoms with Crippen LogP contribution in [0, 0.1) is 6.92 Å². The van der Waals surface area contributed by atoms with Gasteiger partial charge in [0, 0.05) is 24.4 Å². The number of aliphatic hydroxyl groups is 1. The number of nitrogens with zero attached hydrogens (tertiary/aromatic N) is 3. The summed E-state index contributed by atoms with van der Waals surface area (Å²) in [6.07, 6.45) is -0.622. The molecule has 0 saturated carbocycles. The Morgan fingerprint density at radius 1 is 0.919 bits per heavy atom. The third kappa shape index (κ3) is 7.88. The van der Waals surface area contributed by atoms with Gasteiger partial charge in [-0.1, -0.05) is 60.2 Å². The summed E-state index contributed by atoms with van der Waals surface area (Å²) >= 11 is 0. The fourth-order valence-corrected chi connectivity index (χ4v) is 3.66. The lowest BCUT2D eigenvalue weighted by atomic mass is 10.1. The van der Waals surface area contributed by atoms with E-state index >= 15 is 0 Å². The number of aromatic nitrogens is 3. The molecule has 0 aliphatic heterocycles. The molecule has 0 spiro atoms. The van der Waals surface area contributed by atoms with Gasteiger partial charge in [0.1, 0.15) is 6.61 Å². The maximum Gasteiger partial charge on any atom is 0.336 e. The lowest BCUT2D eigenvalue weighted by Crippen LogP contribution is -2.24. The predicted molar refractivity (Wildman–Crippen MR) is 144 cm³/mol. The molecular formula is C29H34N4O4. The highest BCUT2D eigenvalue weighted by molar-refractivity contribution is 5.60. The molecule has 37 heavy (non-hydrogen) atoms. The number of rotatable bonds is 14. The minimum absolute atomic E-state index is 0.255. The Balaban J connectivity index is 1.38. The number of benzene rings is 3. The van der Waals surface area contributed by atoms with Crippen LogP contribution in [0.1, 0.15) is 18.1 Å². The van der Waals surface area contributed by atoms with Crippen molar-refractivity contribution < 1.29 is 19.3 Å². The van der Waals surface area contributed by atoms with E-state index in [0.717, 1.165) is 22.5 Å². The Bertz CT molecular complexity index is 1210. The number of nitrogens with one attached hydrogen (secondary N) is 1. The van der Waals surface area contributed by atoms with Crippen LogP contribution in [0.25, 0.3) is 17.1 Å². The van der Waals surface area contributed by atoms with E-state index in [-0.39, 0.29) is 6.61 Å². The summed E-state index contributed by atoms with van der Waals surface area (Å²) in [5.74, 6) is 0.693. The lowest BCUT2D eigenvalue weighted by Gasteiger charge is -2.14. The maximum atomic E-state index is 10.3. The lowest BCUT2D eigenvalue weighted by molar-refractivity contribution is 0.0348. The SMILES string of the molecule is CCOCCOc1nc(-c2ccc(C)cc2)n(-c2ccc(NC[C@@H](O)COCc3ccccc3)cc2)n1. The summed E-state index contributed by atoms with van der Waals surface area (Å²) in [5, 5.41) is 18.1. The molecule has 1 aromatic heterocycles. The van der Waals surface area contributed by atoms with E-state index in [2.05, 4.69) is 22.3 Å². The molecule has 194 valence electrons. The molecule has 0 radical (unpaired) electrons. The van der Waals surface area contributed by atoms with Crippen molar-refractivity contribution in [3.63, 3.8) is 0 Å². The monoisotopic (exact) mass is 502 g/mol. The highest BCUT2D eigenvalue weighted by Crippen LogP contribution is 2.25. The molecule has 0 aliphatic rings. The molecule has 0 fully saturated rings. The highest BCUT2D eigenvalue weighted by atomic mass is 16.5. The van der Waals surface area contributed by atoms with Crippen LogP contribution >= 0.6 is 0 Å². The Hall–Kier alpha value is -3.72. The minimum atomic E-state index is -0.622. The summed E-state index contributed by atoms with van der Waals surface area (Å²) in [5.41, 5.74) is 4.93. The number of ether oxygens (including phenoxy) is 3. The van der Waals surface area contributed by atoms with Crippen molar-refractivity contribution >= 4 is 5.69 Å². The fraction of sp³-hybridized carbons (Fsp3) is 0.310. The number of aryl methyl sites for hydroxylation is 1. The van der Waals surface area contributed by atoms with E-state index < -0.39 is 6.10 Å². The van der Waals surface area contributed by atoms with Crippen LogP contribution in [0.5, 0.6) is 6.01 Å². The normalized spacial score (nSPS) is 11.9. The molecule has 0 amide bonds. The van der Waals surface area contributed by atoms with Gasteiger partial charge in [-0.25, -0.2) is 4.68 Å². The van der Waals surface area contributed by atoms with E-state index in [0.29, 0.717) is 44.8 Å². The summed E-state index contributed by atoms with van der Waals surface area (Å²) < 4.78 is 18.5. The summed E-state index contributed by atoms with van der Waals surface area (Å²) in [6, 6.07) is 26.2. The van der Waals surface area contributed by atoms with Gasteiger partial charge in [0.15, 0.2) is 5.82 Å². The van der Waals surface area contributed by atoms with Crippen molar-refractivity contribution in [3.05, 3.63) is 90.0 Å². The van der Waals surface area contributed by atoms with Crippen molar-refractivity contribution in [1.82, 2.24) is 14.8 Å². The summed E-state index contributed by atoms with van der Waals surface area (Å²) in [7, 11) is 0. The Kier molecular flexibility index (Phi) is 9.65. The largest absolute Gasteiger partial charge is 0.460 e. The van der Waals surface area contributed by atoms with Crippen LogP contribution in [0.3, 0.4) is 0 Å². The zero-order valence-electron chi connectivity index (χ0n) is 21.3. The van der Waals surface area contributed by atoms with Gasteiger partial charge < -0.3 is 24.6 Å². The number of hydrogen-bond donors (Lipinski definition) is 2. The predicted octanol–water partition coefficient (Wildman–Crippen LogP) is 4.65. The maximum absolute atomic E-state index is 10.3. The van der Waals surface area contributed by atoms with Crippen LogP contribution in [-0.2, 0) is 16.1 Å². The van der Waals surface area contributed by atoms with Gasteiger partial charge in [0.25, 0.3) is 0 Å². The average molecular weight is 503 g/mol. The van der Waals surface area contributed by atoms with Gasteiger partial charge in [-0.3, -0.25) is 0 Å². The molecule has 1 atom stereocenters. The molecule has 0 bridgehead atoms. The van der Waals surface area contributed by atoms with Crippen LogP contribution in [0.2, 0.25) is 0 Å². The summed E-state index contributed by atoms with van der Waals surface area (Å²) in [6.45, 7) is 6.61. The average Bonchev–Trinajstić information content (AvgIpc) is 3.35. The first kappa shape index (κ1) is 26.3. The molecule has 8 nitrogen and oxygen atoms in total. The van der Waals surface area contributed by atoms with Crippen molar-refractivity contribution in [2.75, 3.05) is 38.3 Å². The zero-order valence-corrected chi connectivity index (χ0v) is 21.3. The van der Waals surface area contributed by atoms with E-state index in [1.807, 2.05) is 85.8 Å². The second-order valence-electron chi connectivity index (χ2n) is 8.62. The van der Waals surface area contributed by atoms with E-state index in [4.69, 9.17) is 14.2 Å². The van der Waals surface area contributed by atoms with Gasteiger partial charge in [-0.2, -0.15) is 4.98 Å². The molecule has 1 heterocycles. The molecule has 3 aromatic carbocycles. The third-order valence-electron chi connectivity index (χ3n) is 5.64. The Morgan fingerprint density at radius 3 is 2.41 bits per heavy atom. The molecule has 2 N–H and O–H groups in total. The van der Waals surface area contributed by atoms with Crippen LogP contribution in [0.15, 0.2) is 78.9 Å². The number of anilines is 1. The quantitative estimate of drug-likeness (QED) is 0.243. The topological polar surface area (TPSA) is 90.7 Å². The van der Waals surface area contributed by atoms with Gasteiger partial charge in [0.2, 0.25) is 0 Å². The van der Waals surface area contributed by atoms with Crippen LogP contribution in [0.4, 0.5) is 5.69 Å². The molecule has 0 unspecified atom stereocenters. The molecule has 4 rings (SSSR count). The van der Waals surface area contributed by atoms with Gasteiger partial charge in [0.05, 0.1) is 31.6 Å². The van der Waals surface area contributed by atoms with Crippen molar-refractivity contribution in [2.24, 2.45) is 0 Å². The minimum Gasteiger partial charge on any atom is -0.460 e. The second kappa shape index (κ2) is 13.5. The van der Waals surface area contributed by atoms with Gasteiger partial charge in [-0.05, 0) is 43.7 Å². The first-order valence-electron chi connectivity index (χ1n) is 12.5. The molecular weight excluding hydrogens is 468 g/mol. The van der Waals surface area contributed by atoms with E-state index in [1.54, 1.807) is 4.68 Å². The standard InChI is InChI=1S/C29H34N4O4/c1-3-35-17-18-37-29-31-28(24-11-9-22(2)10-12-24)33(32-29)26-15-13-25(14-16-26)30-19-27(34)21-36-20-23-7-5-4-6-8-23/h4-16,27,30,34H,3,17-21H2,1-2H3/t27-/m1/s1. The first-order valence-corrected chi connectivity index (χ1v) is 12.5. The van der Waals surface area contributed by atoms with Crippen LogP contribution in [-0.4, -0.2) is 58.9 Å². The molecule has 0 saturated heterocycles. The fourth-order valence-electron chi connectivity index (χ4n) is 3.66. The molecule has 4 aromatic rings. The first-order chi connectivity index (χ1) is 18.1. The molecule has 8 heteroatoms. The Morgan fingerprint density at radius 2 is 1.68 bits per heavy atom. The van der Waals surface area contributed by atoms with Gasteiger partial charge >= 0.3 is 6.01 Å². The highest BCUT2D eigenvalue weighted by Gasteiger charge is 2.15. The zero-order chi connectivity index (χ0) is 25.9. The second-order valence-corrected chi connectivity index (χ2v) is 8.62. The van der Waals surface area contributed by atoms with Gasteiger partial charge in [-0.15, -0.1) is 5.10 Å². The van der Waals surface area contributed by atoms with Crippen molar-refractivity contribution in [2.45, 2.75) is 26.6 Å². The van der Waals surface area contributed by atoms with E-state index in [9.17, 15) is 5.11 Å². The number of hydrogen-bond acceptors (Lipinski definition) is 7. The van der Waals surface area contributed by atoms with Crippen molar-refractivity contribution in [1.29, 1.82) is 0 Å². The smallest absolute Gasteiger partial charge is 0.336 e. The number of aliphatic hydroxyl groups excluding tert-OH is 1. The van der Waals surface area contributed by atoms with E-state index in [1.165, 1.54) is 5.56 Å². The summed E-state index contributed by atoms with van der Waals surface area (Å²) in [4.78, 5) is 4.63. The van der Waals surface area contributed by atoms with Crippen molar-refractivity contribution in [3.8, 4) is 23.1 Å². The molecule has 0 aliphatic carbocycles. The third-order valence-corrected chi connectivity index (χ3v) is 5.64. The Labute approximate surface area is 217 Å². The van der Waals surface area contributed by atoms with Crippen LogP contribution < -0.4 is 10.1 Å².